The number of rotatable bonds is 2. The third kappa shape index (κ3) is 2.22. The van der Waals surface area contributed by atoms with Crippen LogP contribution < -0.4 is 5.73 Å². The molecule has 1 unspecified atom stereocenters. The molecule has 2 N–H and O–H groups in total. The SMILES string of the molecule is Nc1ccc2sc(C(F)C(F)(F)C(F)(F)F)ncc1-2. The molecule has 104 valence electrons. The molecular formula is C10H6F6N2S. The largest absolute Gasteiger partial charge is 0.456 e. The minimum Gasteiger partial charge on any atom is -0.398 e. The van der Waals surface area contributed by atoms with E-state index in [-0.39, 0.29) is 0 Å². The lowest BCUT2D eigenvalue weighted by Gasteiger charge is -2.22. The summed E-state index contributed by atoms with van der Waals surface area (Å²) in [5.74, 6) is -5.48. The molecule has 0 radical (unpaired) electrons. The molecule has 9 heteroatoms. The molecule has 1 atom stereocenters. The van der Waals surface area contributed by atoms with Crippen molar-refractivity contribution in [1.82, 2.24) is 4.98 Å². The second-order valence-corrected chi connectivity index (χ2v) is 4.81. The predicted octanol–water partition coefficient (Wildman–Crippen LogP) is 4.04. The van der Waals surface area contributed by atoms with Gasteiger partial charge in [-0.25, -0.2) is 9.37 Å². The summed E-state index contributed by atoms with van der Waals surface area (Å²) in [5, 5.41) is -0.944. The van der Waals surface area contributed by atoms with Crippen molar-refractivity contribution in [2.45, 2.75) is 18.3 Å². The van der Waals surface area contributed by atoms with Gasteiger partial charge in [0.15, 0.2) is 0 Å². The van der Waals surface area contributed by atoms with Crippen LogP contribution in [0, 0.1) is 0 Å². The quantitative estimate of drug-likeness (QED) is 0.850. The molecular weight excluding hydrogens is 294 g/mol. The van der Waals surface area contributed by atoms with E-state index in [4.69, 9.17) is 5.73 Å². The Morgan fingerprint density at radius 1 is 1.16 bits per heavy atom. The van der Waals surface area contributed by atoms with E-state index in [9.17, 15) is 26.3 Å². The molecule has 1 aliphatic heterocycles. The number of anilines is 1. The van der Waals surface area contributed by atoms with Crippen LogP contribution in [0.25, 0.3) is 10.4 Å². The zero-order valence-electron chi connectivity index (χ0n) is 9.01. The minimum absolute atomic E-state index is 0.295. The molecule has 1 heterocycles. The van der Waals surface area contributed by atoms with Gasteiger partial charge in [0.25, 0.3) is 0 Å². The normalized spacial score (nSPS) is 14.8. The highest BCUT2D eigenvalue weighted by Gasteiger charge is 2.64. The Morgan fingerprint density at radius 3 is 2.37 bits per heavy atom. The minimum atomic E-state index is -5.97. The molecule has 0 aromatic heterocycles. The number of hydrogen-bond donors (Lipinski definition) is 1. The maximum Gasteiger partial charge on any atom is 0.456 e. The van der Waals surface area contributed by atoms with E-state index < -0.39 is 23.3 Å². The molecule has 2 nitrogen and oxygen atoms in total. The summed E-state index contributed by atoms with van der Waals surface area (Å²) in [4.78, 5) is 3.60. The van der Waals surface area contributed by atoms with Crippen LogP contribution in [0.2, 0.25) is 0 Å². The lowest BCUT2D eigenvalue weighted by Crippen LogP contribution is -2.40. The van der Waals surface area contributed by atoms with E-state index in [0.717, 1.165) is 6.20 Å². The van der Waals surface area contributed by atoms with Gasteiger partial charge in [0.05, 0.1) is 0 Å². The molecule has 1 aliphatic carbocycles. The van der Waals surface area contributed by atoms with E-state index in [1.807, 2.05) is 0 Å². The molecule has 0 saturated carbocycles. The molecule has 2 aliphatic rings. The fourth-order valence-electron chi connectivity index (χ4n) is 1.40. The highest BCUT2D eigenvalue weighted by Crippen LogP contribution is 2.48. The van der Waals surface area contributed by atoms with Crippen LogP contribution >= 0.6 is 11.3 Å². The molecule has 0 spiro atoms. The first-order chi connectivity index (χ1) is 8.64. The predicted molar refractivity (Wildman–Crippen MR) is 58.0 cm³/mol. The van der Waals surface area contributed by atoms with Gasteiger partial charge in [0.1, 0.15) is 5.01 Å². The third-order valence-electron chi connectivity index (χ3n) is 2.44. The van der Waals surface area contributed by atoms with Crippen molar-refractivity contribution in [2.24, 2.45) is 0 Å². The fourth-order valence-corrected chi connectivity index (χ4v) is 2.40. The number of nitrogens with two attached hydrogens (primary N) is 1. The molecule has 0 bridgehead atoms. The van der Waals surface area contributed by atoms with E-state index in [0.29, 0.717) is 27.5 Å². The van der Waals surface area contributed by atoms with E-state index >= 15 is 0 Å². The van der Waals surface area contributed by atoms with Gasteiger partial charge in [-0.05, 0) is 12.1 Å². The fraction of sp³-hybridized carbons (Fsp3) is 0.300. The summed E-state index contributed by atoms with van der Waals surface area (Å²) in [7, 11) is 0. The van der Waals surface area contributed by atoms with E-state index in [1.54, 1.807) is 0 Å². The second-order valence-electron chi connectivity index (χ2n) is 3.75. The number of nitrogens with zero attached hydrogens (tertiary/aromatic N) is 1. The van der Waals surface area contributed by atoms with Crippen molar-refractivity contribution in [3.63, 3.8) is 0 Å². The Hall–Kier alpha value is -1.51. The van der Waals surface area contributed by atoms with Crippen molar-refractivity contribution in [3.05, 3.63) is 23.3 Å². The molecule has 0 saturated heterocycles. The summed E-state index contributed by atoms with van der Waals surface area (Å²) in [6.07, 6.45) is -8.53. The Morgan fingerprint density at radius 2 is 1.79 bits per heavy atom. The first-order valence-electron chi connectivity index (χ1n) is 4.87. The topological polar surface area (TPSA) is 38.9 Å². The van der Waals surface area contributed by atoms with Gasteiger partial charge in [0, 0.05) is 22.3 Å². The molecule has 2 rings (SSSR count). The van der Waals surface area contributed by atoms with E-state index in [1.165, 1.54) is 12.1 Å². The monoisotopic (exact) mass is 300 g/mol. The summed E-state index contributed by atoms with van der Waals surface area (Å²) >= 11 is 0.413. The second kappa shape index (κ2) is 4.26. The molecule has 0 aromatic rings. The van der Waals surface area contributed by atoms with Crippen molar-refractivity contribution in [1.29, 1.82) is 0 Å². The lowest BCUT2D eigenvalue weighted by atomic mass is 10.2. The number of aromatic nitrogens is 1. The van der Waals surface area contributed by atoms with Crippen LogP contribution in [0.1, 0.15) is 11.2 Å². The Kier molecular flexibility index (Phi) is 3.12. The molecule has 19 heavy (non-hydrogen) atoms. The van der Waals surface area contributed by atoms with Gasteiger partial charge in [-0.15, -0.1) is 11.3 Å². The van der Waals surface area contributed by atoms with Crippen LogP contribution in [0.15, 0.2) is 18.3 Å². The van der Waals surface area contributed by atoms with Gasteiger partial charge in [-0.3, -0.25) is 0 Å². The Bertz CT molecular complexity index is 564. The molecule has 0 amide bonds. The van der Waals surface area contributed by atoms with Crippen molar-refractivity contribution >= 4 is 17.0 Å². The van der Waals surface area contributed by atoms with Gasteiger partial charge >= 0.3 is 12.1 Å². The zero-order valence-corrected chi connectivity index (χ0v) is 9.83. The maximum absolute atomic E-state index is 13.4. The first kappa shape index (κ1) is 13.9. The molecule has 0 fully saturated rings. The number of fused-ring (bicyclic) bond motifs is 1. The number of hydrogen-bond acceptors (Lipinski definition) is 3. The summed E-state index contributed by atoms with van der Waals surface area (Å²) in [6, 6.07) is 2.83. The maximum atomic E-state index is 13.4. The van der Waals surface area contributed by atoms with Crippen LogP contribution in [0.5, 0.6) is 0 Å². The van der Waals surface area contributed by atoms with Crippen LogP contribution in [0.4, 0.5) is 32.0 Å². The molecule has 0 aromatic carbocycles. The Labute approximate surface area is 107 Å². The number of nitrogen functional groups attached to an aromatic ring is 1. The number of halogens is 6. The highest BCUT2D eigenvalue weighted by molar-refractivity contribution is 7.15. The summed E-state index contributed by atoms with van der Waals surface area (Å²) < 4.78 is 75.3. The zero-order chi connectivity index (χ0) is 14.4. The van der Waals surface area contributed by atoms with Crippen LogP contribution in [0.3, 0.4) is 0 Å². The van der Waals surface area contributed by atoms with Crippen molar-refractivity contribution < 1.29 is 26.3 Å². The van der Waals surface area contributed by atoms with Gasteiger partial charge in [-0.1, -0.05) is 0 Å². The Balaban J connectivity index is 2.42. The summed E-state index contributed by atoms with van der Waals surface area (Å²) in [5.41, 5.74) is 6.18. The van der Waals surface area contributed by atoms with E-state index in [2.05, 4.69) is 4.98 Å². The van der Waals surface area contributed by atoms with Gasteiger partial charge in [0.2, 0.25) is 6.17 Å². The van der Waals surface area contributed by atoms with Crippen molar-refractivity contribution in [3.8, 4) is 10.4 Å². The average molecular weight is 300 g/mol. The standard InChI is InChI=1S/C10H6F6N2S/c11-7(9(12,13)10(14,15)16)8-18-3-4-5(17)1-2-6(4)19-8/h1-3,7H,17H2. The smallest absolute Gasteiger partial charge is 0.398 e. The van der Waals surface area contributed by atoms with Crippen molar-refractivity contribution in [2.75, 3.05) is 5.73 Å². The van der Waals surface area contributed by atoms with Crippen LogP contribution in [-0.4, -0.2) is 17.1 Å². The van der Waals surface area contributed by atoms with Crippen LogP contribution in [-0.2, 0) is 0 Å². The number of alkyl halides is 6. The van der Waals surface area contributed by atoms with Gasteiger partial charge in [-0.2, -0.15) is 22.0 Å². The first-order valence-corrected chi connectivity index (χ1v) is 5.69. The van der Waals surface area contributed by atoms with Gasteiger partial charge < -0.3 is 5.73 Å². The summed E-state index contributed by atoms with van der Waals surface area (Å²) in [6.45, 7) is 0. The lowest BCUT2D eigenvalue weighted by molar-refractivity contribution is -0.305. The third-order valence-corrected chi connectivity index (χ3v) is 3.54. The highest BCUT2D eigenvalue weighted by atomic mass is 32.1. The average Bonchev–Trinajstić information content (AvgIpc) is 2.68.